The zero-order chi connectivity index (χ0) is 21.6. The van der Waals surface area contributed by atoms with Crippen LogP contribution in [0, 0.1) is 0 Å². The fourth-order valence-electron chi connectivity index (χ4n) is 3.31. The topological polar surface area (TPSA) is 78.4 Å². The lowest BCUT2D eigenvalue weighted by atomic mass is 9.99. The first-order valence-corrected chi connectivity index (χ1v) is 9.76. The van der Waals surface area contributed by atoms with Crippen LogP contribution in [-0.4, -0.2) is 17.0 Å². The van der Waals surface area contributed by atoms with Crippen molar-refractivity contribution in [3.8, 4) is 22.3 Å². The third kappa shape index (κ3) is 4.69. The van der Waals surface area contributed by atoms with E-state index in [9.17, 15) is 9.59 Å². The van der Waals surface area contributed by atoms with Crippen LogP contribution in [-0.2, 0) is 0 Å². The molecule has 0 fully saturated rings. The van der Waals surface area contributed by atoms with E-state index in [2.05, 4.69) is 41.7 Å². The highest BCUT2D eigenvalue weighted by atomic mass is 16.5. The fourth-order valence-corrected chi connectivity index (χ4v) is 3.31. The second-order valence-electron chi connectivity index (χ2n) is 7.00. The second-order valence-corrected chi connectivity index (χ2v) is 7.00. The average Bonchev–Trinajstić information content (AvgIpc) is 2.84. The van der Waals surface area contributed by atoms with Gasteiger partial charge < -0.3 is 5.32 Å². The van der Waals surface area contributed by atoms with Crippen LogP contribution in [0.5, 0.6) is 0 Å². The maximum Gasteiger partial charge on any atom is 0.274 e. The van der Waals surface area contributed by atoms with Crippen LogP contribution >= 0.6 is 0 Å². The number of anilines is 1. The van der Waals surface area contributed by atoms with E-state index >= 15 is 0 Å². The SMILES string of the molecule is O=C(NO)c1cccc(NC(=O)c2ccc(-c3ccc(-c4ccccc4)cc3)cc2)c1. The van der Waals surface area contributed by atoms with E-state index < -0.39 is 5.91 Å². The van der Waals surface area contributed by atoms with E-state index in [4.69, 9.17) is 5.21 Å². The fraction of sp³-hybridized carbons (Fsp3) is 0. The van der Waals surface area contributed by atoms with Gasteiger partial charge in [0.05, 0.1) is 0 Å². The summed E-state index contributed by atoms with van der Waals surface area (Å²) in [6.07, 6.45) is 0. The number of amides is 2. The van der Waals surface area contributed by atoms with Crippen LogP contribution in [0.1, 0.15) is 20.7 Å². The standard InChI is InChI=1S/C26H20N2O3/c29-25(27-24-8-4-7-23(17-24)26(30)28-31)22-15-13-21(14-16-22)20-11-9-19(10-12-20)18-5-2-1-3-6-18/h1-17,31H,(H,27,29)(H,28,30). The van der Waals surface area contributed by atoms with Gasteiger partial charge in [-0.2, -0.15) is 0 Å². The van der Waals surface area contributed by atoms with Gasteiger partial charge in [-0.05, 0) is 52.6 Å². The first kappa shape index (κ1) is 20.1. The molecule has 4 rings (SSSR count). The van der Waals surface area contributed by atoms with Crippen molar-refractivity contribution in [3.05, 3.63) is 114 Å². The Labute approximate surface area is 180 Å². The zero-order valence-electron chi connectivity index (χ0n) is 16.6. The van der Waals surface area contributed by atoms with E-state index in [0.717, 1.165) is 16.7 Å². The number of rotatable bonds is 5. The van der Waals surface area contributed by atoms with E-state index in [1.807, 2.05) is 30.3 Å². The number of hydrogen-bond acceptors (Lipinski definition) is 3. The molecule has 0 aliphatic heterocycles. The minimum Gasteiger partial charge on any atom is -0.322 e. The van der Waals surface area contributed by atoms with E-state index in [0.29, 0.717) is 11.3 Å². The van der Waals surface area contributed by atoms with Gasteiger partial charge in [0.1, 0.15) is 0 Å². The summed E-state index contributed by atoms with van der Waals surface area (Å²) in [6.45, 7) is 0. The highest BCUT2D eigenvalue weighted by molar-refractivity contribution is 6.05. The molecular weight excluding hydrogens is 388 g/mol. The predicted molar refractivity (Wildman–Crippen MR) is 121 cm³/mol. The summed E-state index contributed by atoms with van der Waals surface area (Å²) in [5.74, 6) is -0.925. The summed E-state index contributed by atoms with van der Waals surface area (Å²) in [4.78, 5) is 24.1. The zero-order valence-corrected chi connectivity index (χ0v) is 16.6. The molecule has 4 aromatic carbocycles. The van der Waals surface area contributed by atoms with Crippen LogP contribution in [0.4, 0.5) is 5.69 Å². The van der Waals surface area contributed by atoms with Crippen molar-refractivity contribution in [1.29, 1.82) is 0 Å². The number of hydrogen-bond donors (Lipinski definition) is 3. The van der Waals surface area contributed by atoms with Crippen LogP contribution in [0.25, 0.3) is 22.3 Å². The van der Waals surface area contributed by atoms with Crippen LogP contribution in [0.15, 0.2) is 103 Å². The molecule has 0 bridgehead atoms. The quantitative estimate of drug-likeness (QED) is 0.306. The van der Waals surface area contributed by atoms with Crippen LogP contribution in [0.3, 0.4) is 0 Å². The molecule has 0 saturated heterocycles. The Morgan fingerprint density at radius 3 is 1.68 bits per heavy atom. The summed E-state index contributed by atoms with van der Waals surface area (Å²) in [5.41, 5.74) is 7.18. The van der Waals surface area contributed by atoms with Crippen molar-refractivity contribution in [1.82, 2.24) is 5.48 Å². The first-order valence-electron chi connectivity index (χ1n) is 9.76. The average molecular weight is 408 g/mol. The Balaban J connectivity index is 1.47. The lowest BCUT2D eigenvalue weighted by Gasteiger charge is -2.08. The molecule has 31 heavy (non-hydrogen) atoms. The minimum atomic E-state index is -0.640. The molecule has 0 spiro atoms. The molecule has 0 aliphatic rings. The maximum absolute atomic E-state index is 12.6. The highest BCUT2D eigenvalue weighted by Crippen LogP contribution is 2.25. The summed E-state index contributed by atoms with van der Waals surface area (Å²) < 4.78 is 0. The largest absolute Gasteiger partial charge is 0.322 e. The maximum atomic E-state index is 12.6. The van der Waals surface area contributed by atoms with Crippen molar-refractivity contribution in [3.63, 3.8) is 0 Å². The lowest BCUT2D eigenvalue weighted by Crippen LogP contribution is -2.19. The molecule has 0 saturated carbocycles. The Morgan fingerprint density at radius 2 is 1.10 bits per heavy atom. The Morgan fingerprint density at radius 1 is 0.548 bits per heavy atom. The molecule has 0 aromatic heterocycles. The molecule has 0 heterocycles. The van der Waals surface area contributed by atoms with Crippen LogP contribution < -0.4 is 10.8 Å². The number of carbonyl (C=O) groups excluding carboxylic acids is 2. The smallest absolute Gasteiger partial charge is 0.274 e. The first-order chi connectivity index (χ1) is 15.1. The highest BCUT2D eigenvalue weighted by Gasteiger charge is 2.09. The molecule has 0 atom stereocenters. The van der Waals surface area contributed by atoms with Crippen molar-refractivity contribution < 1.29 is 14.8 Å². The van der Waals surface area contributed by atoms with Crippen molar-refractivity contribution in [2.75, 3.05) is 5.32 Å². The lowest BCUT2D eigenvalue weighted by molar-refractivity contribution is 0.0706. The van der Waals surface area contributed by atoms with Crippen molar-refractivity contribution in [2.45, 2.75) is 0 Å². The minimum absolute atomic E-state index is 0.245. The predicted octanol–water partition coefficient (Wildman–Crippen LogP) is 5.39. The normalized spacial score (nSPS) is 10.4. The number of hydroxylamine groups is 1. The molecule has 4 aromatic rings. The van der Waals surface area contributed by atoms with Gasteiger partial charge in [-0.1, -0.05) is 72.8 Å². The molecular formula is C26H20N2O3. The summed E-state index contributed by atoms with van der Waals surface area (Å²) in [6, 6.07) is 32.2. The number of nitrogens with one attached hydrogen (secondary N) is 2. The molecule has 152 valence electrons. The van der Waals surface area contributed by atoms with Gasteiger partial charge in [0.15, 0.2) is 0 Å². The monoisotopic (exact) mass is 408 g/mol. The van der Waals surface area contributed by atoms with E-state index in [1.54, 1.807) is 35.8 Å². The van der Waals surface area contributed by atoms with Gasteiger partial charge in [-0.3, -0.25) is 14.8 Å². The Bertz CT molecular complexity index is 1200. The molecule has 0 aliphatic carbocycles. The van der Waals surface area contributed by atoms with E-state index in [-0.39, 0.29) is 11.5 Å². The molecule has 0 radical (unpaired) electrons. The van der Waals surface area contributed by atoms with Gasteiger partial charge in [0.2, 0.25) is 0 Å². The molecule has 5 heteroatoms. The summed E-state index contributed by atoms with van der Waals surface area (Å²) >= 11 is 0. The van der Waals surface area contributed by atoms with Gasteiger partial charge >= 0.3 is 0 Å². The van der Waals surface area contributed by atoms with Gasteiger partial charge in [0.25, 0.3) is 11.8 Å². The van der Waals surface area contributed by atoms with Crippen LogP contribution in [0.2, 0.25) is 0 Å². The molecule has 5 nitrogen and oxygen atoms in total. The molecule has 2 amide bonds. The van der Waals surface area contributed by atoms with Crippen molar-refractivity contribution in [2.24, 2.45) is 0 Å². The Hall–Kier alpha value is -4.22. The van der Waals surface area contributed by atoms with Gasteiger partial charge in [0, 0.05) is 16.8 Å². The summed E-state index contributed by atoms with van der Waals surface area (Å²) in [7, 11) is 0. The number of carbonyl (C=O) groups is 2. The molecule has 3 N–H and O–H groups in total. The second kappa shape index (κ2) is 9.07. The van der Waals surface area contributed by atoms with Gasteiger partial charge in [-0.25, -0.2) is 5.48 Å². The molecule has 0 unspecified atom stereocenters. The third-order valence-corrected chi connectivity index (χ3v) is 4.96. The summed E-state index contributed by atoms with van der Waals surface area (Å²) in [5, 5.41) is 11.5. The van der Waals surface area contributed by atoms with Gasteiger partial charge in [-0.15, -0.1) is 0 Å². The number of benzene rings is 4. The Kier molecular flexibility index (Phi) is 5.87. The van der Waals surface area contributed by atoms with Crippen molar-refractivity contribution >= 4 is 17.5 Å². The van der Waals surface area contributed by atoms with E-state index in [1.165, 1.54) is 11.6 Å². The third-order valence-electron chi connectivity index (χ3n) is 4.96.